The van der Waals surface area contributed by atoms with Crippen molar-refractivity contribution >= 4 is 17.2 Å². The summed E-state index contributed by atoms with van der Waals surface area (Å²) < 4.78 is 1.65. The van der Waals surface area contributed by atoms with E-state index in [1.807, 2.05) is 30.3 Å². The summed E-state index contributed by atoms with van der Waals surface area (Å²) in [6, 6.07) is 15.7. The van der Waals surface area contributed by atoms with E-state index in [2.05, 4.69) is 22.2 Å². The molecule has 0 aliphatic rings. The van der Waals surface area contributed by atoms with Crippen molar-refractivity contribution in [2.24, 2.45) is 0 Å². The molecule has 84 valence electrons. The molecular weight excluding hydrogens is 234 g/mol. The third-order valence-corrected chi connectivity index (χ3v) is 2.85. The summed E-state index contributed by atoms with van der Waals surface area (Å²) in [6.07, 6.45) is 0.721. The van der Waals surface area contributed by atoms with E-state index in [0.717, 1.165) is 17.9 Å². The van der Waals surface area contributed by atoms with E-state index in [9.17, 15) is 0 Å². The van der Waals surface area contributed by atoms with Crippen molar-refractivity contribution in [1.29, 1.82) is 0 Å². The van der Waals surface area contributed by atoms with Crippen LogP contribution in [0.5, 0.6) is 0 Å². The Hall–Kier alpha value is -1.87. The topological polar surface area (TPSA) is 30.2 Å². The maximum atomic E-state index is 6.03. The van der Waals surface area contributed by atoms with Gasteiger partial charge in [-0.15, -0.1) is 5.10 Å². The van der Waals surface area contributed by atoms with Gasteiger partial charge in [-0.25, -0.2) is 9.50 Å². The number of rotatable bonds is 2. The molecule has 3 nitrogen and oxygen atoms in total. The molecule has 3 rings (SSSR count). The second-order valence-electron chi connectivity index (χ2n) is 3.81. The second-order valence-corrected chi connectivity index (χ2v) is 4.20. The predicted molar refractivity (Wildman–Crippen MR) is 67.2 cm³/mol. The highest BCUT2D eigenvalue weighted by Crippen LogP contribution is 2.12. The number of halogens is 1. The summed E-state index contributed by atoms with van der Waals surface area (Å²) in [4.78, 5) is 4.44. The molecule has 0 fully saturated rings. The Labute approximate surface area is 104 Å². The summed E-state index contributed by atoms with van der Waals surface area (Å²) in [5.41, 5.74) is 1.97. The van der Waals surface area contributed by atoms with Crippen LogP contribution in [0.2, 0.25) is 5.15 Å². The quantitative estimate of drug-likeness (QED) is 0.648. The number of benzene rings is 1. The smallest absolute Gasteiger partial charge is 0.157 e. The number of aromatic nitrogens is 3. The van der Waals surface area contributed by atoms with Crippen molar-refractivity contribution < 1.29 is 0 Å². The highest BCUT2D eigenvalue weighted by atomic mass is 35.5. The van der Waals surface area contributed by atoms with E-state index in [0.29, 0.717) is 5.15 Å². The first-order valence-corrected chi connectivity index (χ1v) is 5.75. The number of hydrogen-bond donors (Lipinski definition) is 0. The van der Waals surface area contributed by atoms with Crippen LogP contribution in [0.4, 0.5) is 0 Å². The lowest BCUT2D eigenvalue weighted by Gasteiger charge is -1.94. The molecule has 0 N–H and O–H groups in total. The van der Waals surface area contributed by atoms with Crippen molar-refractivity contribution in [1.82, 2.24) is 14.6 Å². The van der Waals surface area contributed by atoms with Gasteiger partial charge in [0.05, 0.1) is 0 Å². The van der Waals surface area contributed by atoms with Gasteiger partial charge < -0.3 is 0 Å². The average Bonchev–Trinajstić information content (AvgIpc) is 2.74. The Kier molecular flexibility index (Phi) is 2.53. The summed E-state index contributed by atoms with van der Waals surface area (Å²) in [7, 11) is 0. The Morgan fingerprint density at radius 1 is 1.00 bits per heavy atom. The molecule has 0 spiro atoms. The van der Waals surface area contributed by atoms with Crippen molar-refractivity contribution in [3.8, 4) is 0 Å². The number of hydrogen-bond acceptors (Lipinski definition) is 2. The molecule has 0 aliphatic heterocycles. The lowest BCUT2D eigenvalue weighted by atomic mass is 10.1. The first-order valence-electron chi connectivity index (χ1n) is 5.37. The molecule has 17 heavy (non-hydrogen) atoms. The van der Waals surface area contributed by atoms with E-state index < -0.39 is 0 Å². The van der Waals surface area contributed by atoms with Crippen LogP contribution in [0, 0.1) is 0 Å². The molecule has 2 heterocycles. The van der Waals surface area contributed by atoms with E-state index >= 15 is 0 Å². The van der Waals surface area contributed by atoms with Crippen LogP contribution in [0.1, 0.15) is 11.4 Å². The molecule has 0 bridgehead atoms. The maximum Gasteiger partial charge on any atom is 0.157 e. The highest BCUT2D eigenvalue weighted by Gasteiger charge is 2.06. The normalized spacial score (nSPS) is 10.9. The summed E-state index contributed by atoms with van der Waals surface area (Å²) in [5.74, 6) is 0.782. The lowest BCUT2D eigenvalue weighted by molar-refractivity contribution is 0.900. The van der Waals surface area contributed by atoms with Crippen molar-refractivity contribution in [2.45, 2.75) is 6.42 Å². The SMILES string of the molecule is Clc1cccc2nc(Cc3ccccc3)nn12. The van der Waals surface area contributed by atoms with Crippen LogP contribution < -0.4 is 0 Å². The molecule has 0 atom stereocenters. The van der Waals surface area contributed by atoms with Crippen LogP contribution >= 0.6 is 11.6 Å². The zero-order chi connectivity index (χ0) is 11.7. The fourth-order valence-corrected chi connectivity index (χ4v) is 1.97. The standard InChI is InChI=1S/C13H10ClN3/c14-11-7-4-8-13-15-12(16-17(11)13)9-10-5-2-1-3-6-10/h1-8H,9H2. The summed E-state index contributed by atoms with van der Waals surface area (Å²) in [6.45, 7) is 0. The van der Waals surface area contributed by atoms with Gasteiger partial charge in [0.15, 0.2) is 11.5 Å². The van der Waals surface area contributed by atoms with E-state index in [4.69, 9.17) is 11.6 Å². The molecule has 2 aromatic heterocycles. The second kappa shape index (κ2) is 4.18. The fourth-order valence-electron chi connectivity index (χ4n) is 1.77. The van der Waals surface area contributed by atoms with Gasteiger partial charge in [-0.2, -0.15) is 0 Å². The third-order valence-electron chi connectivity index (χ3n) is 2.56. The van der Waals surface area contributed by atoms with Gasteiger partial charge in [0.25, 0.3) is 0 Å². The molecule has 0 radical (unpaired) electrons. The van der Waals surface area contributed by atoms with E-state index in [1.165, 1.54) is 5.56 Å². The minimum Gasteiger partial charge on any atom is -0.212 e. The fraction of sp³-hybridized carbons (Fsp3) is 0.0769. The van der Waals surface area contributed by atoms with Crippen LogP contribution in [-0.4, -0.2) is 14.6 Å². The van der Waals surface area contributed by atoms with Crippen LogP contribution in [-0.2, 0) is 6.42 Å². The average molecular weight is 244 g/mol. The summed E-state index contributed by atoms with van der Waals surface area (Å²) in [5, 5.41) is 4.96. The third kappa shape index (κ3) is 2.01. The molecule has 4 heteroatoms. The van der Waals surface area contributed by atoms with Crippen LogP contribution in [0.15, 0.2) is 48.5 Å². The van der Waals surface area contributed by atoms with Gasteiger partial charge in [-0.05, 0) is 17.7 Å². The van der Waals surface area contributed by atoms with Gasteiger partial charge in [0, 0.05) is 6.42 Å². The van der Waals surface area contributed by atoms with Gasteiger partial charge in [0.1, 0.15) is 5.15 Å². The molecule has 0 aliphatic carbocycles. The molecule has 0 unspecified atom stereocenters. The minimum atomic E-state index is 0.578. The molecule has 1 aromatic carbocycles. The van der Waals surface area contributed by atoms with Crippen molar-refractivity contribution in [3.05, 3.63) is 65.1 Å². The first kappa shape index (κ1) is 10.3. The van der Waals surface area contributed by atoms with Crippen LogP contribution in [0.25, 0.3) is 5.65 Å². The lowest BCUT2D eigenvalue weighted by Crippen LogP contribution is -1.92. The predicted octanol–water partition coefficient (Wildman–Crippen LogP) is 2.97. The van der Waals surface area contributed by atoms with Gasteiger partial charge in [-0.1, -0.05) is 48.0 Å². The molecule has 0 saturated heterocycles. The zero-order valence-electron chi connectivity index (χ0n) is 9.05. The molecule has 0 saturated carbocycles. The number of pyridine rings is 1. The van der Waals surface area contributed by atoms with Gasteiger partial charge in [-0.3, -0.25) is 0 Å². The van der Waals surface area contributed by atoms with E-state index in [1.54, 1.807) is 10.6 Å². The monoisotopic (exact) mass is 243 g/mol. The van der Waals surface area contributed by atoms with Gasteiger partial charge in [0.2, 0.25) is 0 Å². The Bertz CT molecular complexity index is 646. The van der Waals surface area contributed by atoms with Gasteiger partial charge >= 0.3 is 0 Å². The summed E-state index contributed by atoms with van der Waals surface area (Å²) >= 11 is 6.03. The highest BCUT2D eigenvalue weighted by molar-refractivity contribution is 6.29. The van der Waals surface area contributed by atoms with Crippen molar-refractivity contribution in [3.63, 3.8) is 0 Å². The first-order chi connectivity index (χ1) is 8.33. The van der Waals surface area contributed by atoms with Crippen LogP contribution in [0.3, 0.4) is 0 Å². The zero-order valence-corrected chi connectivity index (χ0v) is 9.80. The largest absolute Gasteiger partial charge is 0.212 e. The number of fused-ring (bicyclic) bond motifs is 1. The Morgan fingerprint density at radius 2 is 1.82 bits per heavy atom. The molecule has 3 aromatic rings. The number of nitrogens with zero attached hydrogens (tertiary/aromatic N) is 3. The maximum absolute atomic E-state index is 6.03. The van der Waals surface area contributed by atoms with Crippen molar-refractivity contribution in [2.75, 3.05) is 0 Å². The molecule has 0 amide bonds. The molecular formula is C13H10ClN3. The minimum absolute atomic E-state index is 0.578. The Morgan fingerprint density at radius 3 is 2.59 bits per heavy atom. The Balaban J connectivity index is 1.99. The van der Waals surface area contributed by atoms with E-state index in [-0.39, 0.29) is 0 Å².